The minimum absolute atomic E-state index is 0.00581. The molecule has 4 amide bonds. The molecule has 6 N–H and O–H groups in total. The van der Waals surface area contributed by atoms with E-state index in [-0.39, 0.29) is 73.4 Å². The first-order valence-electron chi connectivity index (χ1n) is 17.1. The van der Waals surface area contributed by atoms with Crippen molar-refractivity contribution < 1.29 is 38.1 Å². The Bertz CT molecular complexity index is 1500. The van der Waals surface area contributed by atoms with Gasteiger partial charge in [0, 0.05) is 44.0 Å². The van der Waals surface area contributed by atoms with E-state index in [0.29, 0.717) is 69.6 Å². The van der Waals surface area contributed by atoms with Crippen molar-refractivity contribution >= 4 is 40.7 Å². The maximum atomic E-state index is 13.5. The second kappa shape index (κ2) is 22.2. The Morgan fingerprint density at radius 3 is 2.02 bits per heavy atom. The average molecular weight is 710 g/mol. The molecule has 1 aliphatic heterocycles. The number of amides is 4. The maximum Gasteiger partial charge on any atom is 0.242 e. The molecule has 1 atom stereocenters. The molecule has 15 nitrogen and oxygen atoms in total. The smallest absolute Gasteiger partial charge is 0.242 e. The monoisotopic (exact) mass is 709 g/mol. The van der Waals surface area contributed by atoms with Gasteiger partial charge in [0.1, 0.15) is 11.8 Å². The fourth-order valence-electron chi connectivity index (χ4n) is 5.25. The molecule has 1 aliphatic rings. The lowest BCUT2D eigenvalue weighted by Gasteiger charge is -2.29. The van der Waals surface area contributed by atoms with Crippen LogP contribution in [0.15, 0.2) is 53.6 Å². The van der Waals surface area contributed by atoms with Gasteiger partial charge in [0.05, 0.1) is 70.8 Å². The van der Waals surface area contributed by atoms with E-state index in [1.54, 1.807) is 23.1 Å². The van der Waals surface area contributed by atoms with Gasteiger partial charge in [-0.2, -0.15) is 5.10 Å². The molecule has 51 heavy (non-hydrogen) atoms. The molecule has 2 aromatic rings. The van der Waals surface area contributed by atoms with Crippen molar-refractivity contribution in [2.75, 3.05) is 71.3 Å². The normalized spacial score (nSPS) is 13.9. The van der Waals surface area contributed by atoms with Gasteiger partial charge in [-0.25, -0.2) is 0 Å². The topological polar surface area (TPSA) is 207 Å². The summed E-state index contributed by atoms with van der Waals surface area (Å²) in [5, 5.41) is 20.6. The molecule has 1 heterocycles. The number of ether oxygens (including phenoxy) is 4. The van der Waals surface area contributed by atoms with Gasteiger partial charge in [-0.15, -0.1) is 0 Å². The third-order valence-corrected chi connectivity index (χ3v) is 7.97. The fraction of sp³-hybridized carbons (Fsp3) is 0.500. The number of carbonyl (C=O) groups excluding carboxylic acids is 4. The minimum Gasteiger partial charge on any atom is -0.379 e. The number of nitrogens with one attached hydrogen (secondary N) is 4. The van der Waals surface area contributed by atoms with Crippen LogP contribution in [0.3, 0.4) is 0 Å². The maximum absolute atomic E-state index is 13.5. The van der Waals surface area contributed by atoms with E-state index >= 15 is 0 Å². The van der Waals surface area contributed by atoms with Crippen LogP contribution in [0.4, 0.5) is 5.69 Å². The van der Waals surface area contributed by atoms with Crippen molar-refractivity contribution in [3.8, 4) is 0 Å². The van der Waals surface area contributed by atoms with Crippen LogP contribution in [0.25, 0.3) is 0 Å². The van der Waals surface area contributed by atoms with Crippen LogP contribution in [0.1, 0.15) is 49.8 Å². The molecule has 0 aromatic heterocycles. The third kappa shape index (κ3) is 13.2. The molecule has 0 bridgehead atoms. The van der Waals surface area contributed by atoms with Crippen molar-refractivity contribution in [2.45, 2.75) is 45.7 Å². The van der Waals surface area contributed by atoms with Crippen LogP contribution in [-0.4, -0.2) is 108 Å². The van der Waals surface area contributed by atoms with Gasteiger partial charge in [0.25, 0.3) is 0 Å². The summed E-state index contributed by atoms with van der Waals surface area (Å²) < 4.78 is 21.9. The summed E-state index contributed by atoms with van der Waals surface area (Å²) in [7, 11) is 1.54. The van der Waals surface area contributed by atoms with Crippen molar-refractivity contribution in [1.29, 1.82) is 5.41 Å². The lowest BCUT2D eigenvalue weighted by molar-refractivity contribution is -0.130. The molecule has 15 heteroatoms. The fourth-order valence-corrected chi connectivity index (χ4v) is 5.25. The summed E-state index contributed by atoms with van der Waals surface area (Å²) in [6.07, 6.45) is 0.153. The van der Waals surface area contributed by atoms with Crippen molar-refractivity contribution in [1.82, 2.24) is 16.0 Å². The lowest BCUT2D eigenvalue weighted by Crippen LogP contribution is -2.48. The Balaban J connectivity index is 1.23. The second-order valence-electron chi connectivity index (χ2n) is 12.0. The Hall–Kier alpha value is -4.70. The van der Waals surface area contributed by atoms with Crippen molar-refractivity contribution in [3.05, 3.63) is 65.2 Å². The number of anilines is 1. The van der Waals surface area contributed by atoms with E-state index in [2.05, 4.69) is 21.1 Å². The molecule has 3 rings (SSSR count). The molecule has 278 valence electrons. The number of carbonyl (C=O) groups is 4. The van der Waals surface area contributed by atoms with Gasteiger partial charge in [-0.3, -0.25) is 24.6 Å². The van der Waals surface area contributed by atoms with Gasteiger partial charge in [-0.1, -0.05) is 56.3 Å². The highest BCUT2D eigenvalue weighted by molar-refractivity contribution is 6.53. The van der Waals surface area contributed by atoms with E-state index in [9.17, 15) is 19.2 Å². The first kappa shape index (κ1) is 40.7. The molecule has 0 unspecified atom stereocenters. The SMILES string of the molecule is CNC(=O)[C@@H](NC(=O)CCOCCOCCOCCOCCNC(=O)CCC(=O)N1Cc2ccccc2C(=N)/C(=N\N)c2ccccc21)C(C)C. The highest BCUT2D eigenvalue weighted by Crippen LogP contribution is 2.29. The Morgan fingerprint density at radius 1 is 0.804 bits per heavy atom. The molecule has 0 aliphatic carbocycles. The summed E-state index contributed by atoms with van der Waals surface area (Å²) in [4.78, 5) is 51.5. The van der Waals surface area contributed by atoms with E-state index in [0.717, 1.165) is 5.56 Å². The summed E-state index contributed by atoms with van der Waals surface area (Å²) in [6.45, 7) is 6.94. The number of para-hydroxylation sites is 1. The van der Waals surface area contributed by atoms with Crippen molar-refractivity contribution in [3.63, 3.8) is 0 Å². The zero-order valence-corrected chi connectivity index (χ0v) is 29.7. The van der Waals surface area contributed by atoms with Gasteiger partial charge in [0.15, 0.2) is 0 Å². The molecule has 0 saturated heterocycles. The van der Waals surface area contributed by atoms with Crippen LogP contribution in [0.5, 0.6) is 0 Å². The predicted octanol–water partition coefficient (Wildman–Crippen LogP) is 1.50. The first-order valence-corrected chi connectivity index (χ1v) is 17.1. The average Bonchev–Trinajstić information content (AvgIpc) is 3.13. The first-order chi connectivity index (χ1) is 24.7. The number of likely N-dealkylation sites (N-methyl/N-ethyl adjacent to an activating group) is 1. The summed E-state index contributed by atoms with van der Waals surface area (Å²) in [5.74, 6) is 4.71. The summed E-state index contributed by atoms with van der Waals surface area (Å²) in [6, 6.07) is 14.0. The number of hydrogen-bond acceptors (Lipinski definition) is 11. The lowest BCUT2D eigenvalue weighted by atomic mass is 9.92. The largest absolute Gasteiger partial charge is 0.379 e. The third-order valence-electron chi connectivity index (χ3n) is 7.97. The van der Waals surface area contributed by atoms with Crippen LogP contribution >= 0.6 is 0 Å². The zero-order chi connectivity index (χ0) is 37.0. The zero-order valence-electron chi connectivity index (χ0n) is 29.7. The van der Waals surface area contributed by atoms with Crippen molar-refractivity contribution in [2.24, 2.45) is 16.9 Å². The van der Waals surface area contributed by atoms with E-state index in [1.165, 1.54) is 7.05 Å². The van der Waals surface area contributed by atoms with Gasteiger partial charge < -0.3 is 45.6 Å². The number of hydrogen-bond donors (Lipinski definition) is 5. The van der Waals surface area contributed by atoms with E-state index < -0.39 is 6.04 Å². The Morgan fingerprint density at radius 2 is 1.39 bits per heavy atom. The molecule has 2 aromatic carbocycles. The molecule has 0 saturated carbocycles. The van der Waals surface area contributed by atoms with Gasteiger partial charge in [0.2, 0.25) is 23.6 Å². The molecule has 0 fully saturated rings. The van der Waals surface area contributed by atoms with E-state index in [1.807, 2.05) is 44.2 Å². The number of nitrogens with zero attached hydrogens (tertiary/aromatic N) is 2. The van der Waals surface area contributed by atoms with Gasteiger partial charge in [-0.05, 0) is 17.5 Å². The second-order valence-corrected chi connectivity index (χ2v) is 12.0. The predicted molar refractivity (Wildman–Crippen MR) is 193 cm³/mol. The number of hydrazone groups is 1. The van der Waals surface area contributed by atoms with Gasteiger partial charge >= 0.3 is 0 Å². The number of fused-ring (bicyclic) bond motifs is 2. The molecular formula is C36H51N7O8. The van der Waals surface area contributed by atoms with Crippen LogP contribution in [0, 0.1) is 11.3 Å². The number of rotatable bonds is 21. The van der Waals surface area contributed by atoms with E-state index in [4.69, 9.17) is 30.2 Å². The minimum atomic E-state index is -0.576. The highest BCUT2D eigenvalue weighted by atomic mass is 16.6. The molecule has 0 radical (unpaired) electrons. The standard InChI is InChI=1S/C36H51N7O8/c1-25(2)34(36(47)39-3)41-31(45)14-16-48-18-20-50-22-23-51-21-19-49-17-15-40-30(44)12-13-32(46)43-24-26-8-4-5-9-27(26)33(37)35(42-38)28-10-6-7-11-29(28)43/h4-11,25,34,37H,12-24,38H2,1-3H3,(H,39,47)(H,40,44)(H,41,45)/b37-33?,42-35-/t34-/m0/s1. The Labute approximate surface area is 299 Å². The quantitative estimate of drug-likeness (QED) is 0.0722. The molecule has 0 spiro atoms. The van der Waals surface area contributed by atoms with Crippen LogP contribution < -0.4 is 26.7 Å². The summed E-state index contributed by atoms with van der Waals surface area (Å²) in [5.41, 5.74) is 3.05. The number of benzene rings is 2. The van der Waals surface area contributed by atoms with Crippen LogP contribution in [-0.2, 0) is 44.7 Å². The number of nitrogens with two attached hydrogens (primary N) is 1. The highest BCUT2D eigenvalue weighted by Gasteiger charge is 2.28. The Kier molecular flexibility index (Phi) is 17.7. The molecular weight excluding hydrogens is 658 g/mol. The summed E-state index contributed by atoms with van der Waals surface area (Å²) >= 11 is 0. The van der Waals surface area contributed by atoms with Crippen LogP contribution in [0.2, 0.25) is 0 Å².